The molecule has 2 atom stereocenters. The van der Waals surface area contributed by atoms with Crippen molar-refractivity contribution in [3.05, 3.63) is 137 Å². The summed E-state index contributed by atoms with van der Waals surface area (Å²) in [6, 6.07) is 25.5. The van der Waals surface area contributed by atoms with Crippen molar-refractivity contribution in [1.29, 1.82) is 0 Å². The normalized spacial score (nSPS) is 17.6. The fourth-order valence-corrected chi connectivity index (χ4v) is 50.7. The molecule has 3 N–H and O–H groups in total. The number of hydrogen-bond donors (Lipinski definition) is 4. The largest absolute Gasteiger partial charge is 0.375 e. The van der Waals surface area contributed by atoms with Crippen molar-refractivity contribution in [3.63, 3.8) is 0 Å². The third-order valence-corrected chi connectivity index (χ3v) is 51.8. The molecule has 0 spiro atoms. The van der Waals surface area contributed by atoms with Crippen LogP contribution in [0.25, 0.3) is 11.6 Å². The van der Waals surface area contributed by atoms with E-state index in [1.54, 1.807) is 203 Å². The van der Waals surface area contributed by atoms with Crippen LogP contribution >= 0.6 is 204 Å². The number of halogens is 3. The number of benzene rings is 2. The number of rotatable bonds is 34. The lowest BCUT2D eigenvalue weighted by molar-refractivity contribution is 0.0972. The molecule has 0 unspecified atom stereocenters. The molecule has 40 heteroatoms. The molecule has 2 aromatic carbocycles. The summed E-state index contributed by atoms with van der Waals surface area (Å²) in [5.74, 6) is 1.06. The van der Waals surface area contributed by atoms with Gasteiger partial charge in [0.1, 0.15) is 11.0 Å². The standard InChI is InChI=1S/C29H37N5O4S.C22H23ClN4O4S.C7H15N.ClHS17.ClH/c1-21-18-28(2,3)33(19-21)26-24(27(35)32-39(36,37)23-8-6-5-7-9-23)10-11-25(30-26)34-16-12-22(31-34)20-38-17-15-29(4)13-14-29;1-22(10-11-22)12-14-31-15-16-9-13-27(25-16)19-8-7-18(20(23)24-19)21(28)26-32(29,30)17-5-3-2-4-6-17;1-6-4-7(2,3)8-5-6;1-3-5-7-9-11-13-15-17-18-16-14-12-10-8-6-4-2;/h5-12,16,21H,13-15,17-20H2,1-4H3,(H,32,35);2-9,13H,10-12,14-15H2,1H3,(H,26,28);6,8H,4-5H2,1-3H3;2H;1H/t21-;;6-;;/m0.0../s1. The lowest BCUT2D eigenvalue weighted by Crippen LogP contribution is -2.41. The van der Waals surface area contributed by atoms with E-state index in [2.05, 4.69) is 97.2 Å². The summed E-state index contributed by atoms with van der Waals surface area (Å²) in [4.78, 5) is 37.0. The van der Waals surface area contributed by atoms with Crippen LogP contribution in [0.1, 0.15) is 139 Å². The molecule has 4 fully saturated rings. The predicted octanol–water partition coefficient (Wildman–Crippen LogP) is 21.7. The minimum atomic E-state index is -4.04. The van der Waals surface area contributed by atoms with Gasteiger partial charge in [-0.1, -0.05) is 87.4 Å². The maximum atomic E-state index is 13.4. The van der Waals surface area contributed by atoms with Gasteiger partial charge in [-0.15, -0.1) is 12.4 Å². The van der Waals surface area contributed by atoms with Crippen molar-refractivity contribution in [2.45, 2.75) is 141 Å². The summed E-state index contributed by atoms with van der Waals surface area (Å²) in [5.41, 5.74) is 2.75. The first kappa shape index (κ1) is 87.4. The second-order valence-electron chi connectivity index (χ2n) is 24.7. The lowest BCUT2D eigenvalue weighted by atomic mass is 9.97. The average Bonchev–Trinajstić information content (AvgIpc) is 1.61. The first-order chi connectivity index (χ1) is 46.2. The molecule has 542 valence electrons. The number of thiol groups is 1. The van der Waals surface area contributed by atoms with Crippen LogP contribution in [0.15, 0.2) is 119 Å². The number of pyridine rings is 2. The number of aromatic nitrogens is 6. The van der Waals surface area contributed by atoms with Crippen LogP contribution < -0.4 is 19.7 Å². The predicted molar refractivity (Wildman–Crippen MR) is 448 cm³/mol. The number of hydrogen-bond acceptors (Lipinski definition) is 31. The van der Waals surface area contributed by atoms with Crippen LogP contribution in [0.3, 0.4) is 0 Å². The zero-order chi connectivity index (χ0) is 70.1. The van der Waals surface area contributed by atoms with E-state index in [1.165, 1.54) is 93.5 Å². The molecule has 4 aromatic heterocycles. The quantitative estimate of drug-likeness (QED) is 0.0128. The van der Waals surface area contributed by atoms with Crippen LogP contribution in [0, 0.1) is 22.7 Å². The monoisotopic (exact) mass is 1750 g/mol. The Hall–Kier alpha value is 0.500. The molecular formula is C58H77Cl3N10O8S19. The van der Waals surface area contributed by atoms with Crippen LogP contribution in [0.2, 0.25) is 5.15 Å². The molecule has 0 bridgehead atoms. The van der Waals surface area contributed by atoms with Gasteiger partial charge in [0.25, 0.3) is 31.9 Å². The highest BCUT2D eigenvalue weighted by atomic mass is 35.7. The van der Waals surface area contributed by atoms with E-state index in [1.807, 2.05) is 23.1 Å². The number of nitrogens with one attached hydrogen (secondary N) is 3. The molecule has 4 aliphatic rings. The number of carbonyl (C=O) groups is 2. The fraction of sp³-hybridized carbons (Fsp3) is 0.483. The van der Waals surface area contributed by atoms with Crippen molar-refractivity contribution in [3.8, 4) is 11.6 Å². The molecule has 2 saturated heterocycles. The van der Waals surface area contributed by atoms with Gasteiger partial charge >= 0.3 is 0 Å². The van der Waals surface area contributed by atoms with E-state index < -0.39 is 31.9 Å². The van der Waals surface area contributed by atoms with E-state index in [9.17, 15) is 26.4 Å². The smallest absolute Gasteiger partial charge is 0.268 e. The molecule has 10 rings (SSSR count). The minimum absolute atomic E-state index is 0. The van der Waals surface area contributed by atoms with E-state index in [4.69, 9.17) is 36.7 Å². The van der Waals surface area contributed by atoms with Crippen molar-refractivity contribution >= 4 is 241 Å². The number of amides is 2. The molecule has 6 aromatic rings. The van der Waals surface area contributed by atoms with Gasteiger partial charge in [0, 0.05) is 122 Å². The second kappa shape index (κ2) is 43.5. The summed E-state index contributed by atoms with van der Waals surface area (Å²) in [6.45, 7) is 21.9. The Labute approximate surface area is 657 Å². The van der Waals surface area contributed by atoms with Crippen molar-refractivity contribution in [2.75, 3.05) is 31.2 Å². The Balaban J connectivity index is 0.000000230. The van der Waals surface area contributed by atoms with Crippen molar-refractivity contribution in [1.82, 2.24) is 44.3 Å². The Kier molecular flexibility index (Phi) is 38.8. The highest BCUT2D eigenvalue weighted by molar-refractivity contribution is 9.57. The molecule has 2 amide bonds. The van der Waals surface area contributed by atoms with Crippen LogP contribution in [0.5, 0.6) is 0 Å². The number of nitrogens with zero attached hydrogens (tertiary/aromatic N) is 7. The van der Waals surface area contributed by atoms with Crippen LogP contribution in [-0.4, -0.2) is 95.6 Å². The van der Waals surface area contributed by atoms with E-state index in [-0.39, 0.29) is 44.0 Å². The first-order valence-corrected chi connectivity index (χ1v) is 55.9. The molecular weight excluding hydrogens is 1680 g/mol. The van der Waals surface area contributed by atoms with Crippen molar-refractivity contribution in [2.24, 2.45) is 22.7 Å². The Morgan fingerprint density at radius 3 is 1.40 bits per heavy atom. The van der Waals surface area contributed by atoms with Gasteiger partial charge in [-0.3, -0.25) is 9.59 Å². The number of sulfonamides is 2. The third kappa shape index (κ3) is 30.6. The van der Waals surface area contributed by atoms with E-state index in [0.29, 0.717) is 72.7 Å². The lowest BCUT2D eigenvalue weighted by Gasteiger charge is -2.34. The van der Waals surface area contributed by atoms with Crippen molar-refractivity contribution < 1.29 is 35.9 Å². The zero-order valence-corrected chi connectivity index (χ0v) is 72.2. The maximum absolute atomic E-state index is 13.4. The molecule has 6 heterocycles. The summed E-state index contributed by atoms with van der Waals surface area (Å²) in [5, 5.41) is 12.4. The SMILES string of the molecule is CC1(CCOCc2ccn(-c3ccc(C(=O)NS(=O)(=O)c4ccccc4)c(Cl)n3)n2)CC1.C[C@@H]1CN(c2nc(-n3ccc(COCCC4(C)CC4)n3)ccc2C(=O)NS(=O)(=O)c2ccccc2)C(C)(C)C1.C[C@@H]1CNC(C)(C)C1.Cl.SSSSSSSSSSSSSSSSSCl. The number of ether oxygens (including phenoxy) is 2. The maximum Gasteiger partial charge on any atom is 0.268 e. The minimum Gasteiger partial charge on any atom is -0.375 e. The van der Waals surface area contributed by atoms with Gasteiger partial charge in [-0.2, -0.15) is 10.2 Å². The summed E-state index contributed by atoms with van der Waals surface area (Å²) in [6.07, 6.45) is 13.0. The van der Waals surface area contributed by atoms with Gasteiger partial charge in [-0.25, -0.2) is 45.6 Å². The first-order valence-electron chi connectivity index (χ1n) is 29.9. The van der Waals surface area contributed by atoms with Gasteiger partial charge in [0.05, 0.1) is 45.5 Å². The molecule has 98 heavy (non-hydrogen) atoms. The highest BCUT2D eigenvalue weighted by Gasteiger charge is 2.40. The average molecular weight is 1760 g/mol. The fourth-order valence-electron chi connectivity index (χ4n) is 9.98. The summed E-state index contributed by atoms with van der Waals surface area (Å²) in [7, 11) is 24.6. The molecule has 18 nitrogen and oxygen atoms in total. The topological polar surface area (TPSA) is 222 Å². The van der Waals surface area contributed by atoms with Gasteiger partial charge in [0.2, 0.25) is 0 Å². The number of carbonyl (C=O) groups excluding carboxylic acids is 2. The molecule has 2 aliphatic carbocycles. The Bertz CT molecular complexity index is 3660. The second-order valence-corrected chi connectivity index (χ2v) is 56.7. The van der Waals surface area contributed by atoms with E-state index >= 15 is 0 Å². The van der Waals surface area contributed by atoms with Crippen LogP contribution in [0.4, 0.5) is 5.82 Å². The zero-order valence-electron chi connectivity index (χ0n) is 54.3. The summed E-state index contributed by atoms with van der Waals surface area (Å²) < 4.78 is 69.5. The van der Waals surface area contributed by atoms with Gasteiger partial charge in [-0.05, 0) is 258 Å². The van der Waals surface area contributed by atoms with Gasteiger partial charge < -0.3 is 19.7 Å². The Morgan fingerprint density at radius 2 is 1.02 bits per heavy atom. The Morgan fingerprint density at radius 1 is 0.592 bits per heavy atom. The highest BCUT2D eigenvalue weighted by Crippen LogP contribution is 2.64. The molecule has 2 saturated carbocycles. The third-order valence-electron chi connectivity index (χ3n) is 15.4. The van der Waals surface area contributed by atoms with Gasteiger partial charge in [0.15, 0.2) is 11.6 Å². The molecule has 2 aliphatic heterocycles. The molecule has 0 radical (unpaired) electrons. The van der Waals surface area contributed by atoms with E-state index in [0.717, 1.165) is 36.6 Å². The summed E-state index contributed by atoms with van der Waals surface area (Å²) >= 11 is 10.2. The van der Waals surface area contributed by atoms with Crippen LogP contribution in [-0.2, 0) is 42.7 Å². The number of anilines is 1.